The number of ether oxygens (including phenoxy) is 2. The number of nitrogens with zero attached hydrogens (tertiary/aromatic N) is 1. The highest BCUT2D eigenvalue weighted by Gasteiger charge is 2.21. The molecule has 2 heterocycles. The second-order valence-electron chi connectivity index (χ2n) is 7.54. The van der Waals surface area contributed by atoms with Gasteiger partial charge in [-0.1, -0.05) is 23.7 Å². The summed E-state index contributed by atoms with van der Waals surface area (Å²) in [6, 6.07) is 11.7. The van der Waals surface area contributed by atoms with Crippen molar-refractivity contribution in [1.82, 2.24) is 9.97 Å². The molecular formula is C24H19ClN2O4S. The lowest BCUT2D eigenvalue weighted by Gasteiger charge is -2.11. The van der Waals surface area contributed by atoms with Gasteiger partial charge < -0.3 is 14.5 Å². The molecule has 1 aliphatic carbocycles. The van der Waals surface area contributed by atoms with Crippen LogP contribution in [0.4, 0.5) is 0 Å². The Bertz CT molecular complexity index is 1410. The number of hydrogen-bond acceptors (Lipinski definition) is 6. The standard InChI is InChI=1S/C24H19ClN2O4S/c1-30-18-12-13(10-11-17(18)31-24(29)14-6-2-4-8-16(14)25)21-26-22(28)20-15-7-3-5-9-19(15)32-23(20)27-21/h2,4,6,8,10-12H,3,5,7,9H2,1H3,(H,26,27,28). The number of rotatable bonds is 4. The SMILES string of the molecule is COc1cc(-c2nc3sc4c(c3c(=O)[nH]2)CCCC4)ccc1OC(=O)c1ccccc1Cl. The minimum Gasteiger partial charge on any atom is -0.493 e. The minimum absolute atomic E-state index is 0.127. The van der Waals surface area contributed by atoms with Crippen LogP contribution in [-0.2, 0) is 12.8 Å². The number of halogens is 1. The zero-order valence-corrected chi connectivity index (χ0v) is 18.8. The van der Waals surface area contributed by atoms with Crippen LogP contribution in [0.1, 0.15) is 33.6 Å². The van der Waals surface area contributed by atoms with E-state index in [-0.39, 0.29) is 16.9 Å². The third-order valence-electron chi connectivity index (χ3n) is 5.56. The molecular weight excluding hydrogens is 448 g/mol. The van der Waals surface area contributed by atoms with Crippen LogP contribution in [0.2, 0.25) is 5.02 Å². The normalized spacial score (nSPS) is 13.1. The number of aryl methyl sites for hydroxylation is 2. The van der Waals surface area contributed by atoms with Gasteiger partial charge in [-0.15, -0.1) is 11.3 Å². The number of fused-ring (bicyclic) bond motifs is 3. The Kier molecular flexibility index (Phi) is 5.45. The molecule has 1 aliphatic rings. The number of aromatic nitrogens is 2. The van der Waals surface area contributed by atoms with E-state index in [9.17, 15) is 9.59 Å². The van der Waals surface area contributed by atoms with Crippen LogP contribution in [0.5, 0.6) is 11.5 Å². The van der Waals surface area contributed by atoms with Crippen molar-refractivity contribution in [2.24, 2.45) is 0 Å². The molecule has 0 atom stereocenters. The van der Waals surface area contributed by atoms with E-state index in [0.717, 1.165) is 36.1 Å². The van der Waals surface area contributed by atoms with Gasteiger partial charge in [-0.3, -0.25) is 4.79 Å². The molecule has 2 aromatic heterocycles. The summed E-state index contributed by atoms with van der Waals surface area (Å²) in [7, 11) is 1.48. The van der Waals surface area contributed by atoms with Crippen LogP contribution >= 0.6 is 22.9 Å². The highest BCUT2D eigenvalue weighted by molar-refractivity contribution is 7.18. The van der Waals surface area contributed by atoms with Crippen molar-refractivity contribution in [2.45, 2.75) is 25.7 Å². The minimum atomic E-state index is -0.584. The molecule has 0 saturated carbocycles. The van der Waals surface area contributed by atoms with Crippen LogP contribution in [0, 0.1) is 0 Å². The first-order valence-electron chi connectivity index (χ1n) is 10.2. The fraction of sp³-hybridized carbons (Fsp3) is 0.208. The van der Waals surface area contributed by atoms with Gasteiger partial charge in [0.2, 0.25) is 0 Å². The van der Waals surface area contributed by atoms with Crippen LogP contribution in [0.25, 0.3) is 21.6 Å². The lowest BCUT2D eigenvalue weighted by Crippen LogP contribution is -2.11. The molecule has 8 heteroatoms. The predicted molar refractivity (Wildman–Crippen MR) is 125 cm³/mol. The van der Waals surface area contributed by atoms with Crippen LogP contribution in [0.3, 0.4) is 0 Å². The van der Waals surface area contributed by atoms with Crippen molar-refractivity contribution in [2.75, 3.05) is 7.11 Å². The first kappa shape index (κ1) is 20.7. The predicted octanol–water partition coefficient (Wildman–Crippen LogP) is 5.41. The lowest BCUT2D eigenvalue weighted by molar-refractivity contribution is 0.0730. The molecule has 0 amide bonds. The number of nitrogens with one attached hydrogen (secondary N) is 1. The Morgan fingerprint density at radius 2 is 1.94 bits per heavy atom. The van der Waals surface area contributed by atoms with Crippen molar-refractivity contribution >= 4 is 39.1 Å². The molecule has 32 heavy (non-hydrogen) atoms. The maximum absolute atomic E-state index is 12.9. The quantitative estimate of drug-likeness (QED) is 0.321. The van der Waals surface area contributed by atoms with Crippen molar-refractivity contribution in [3.05, 3.63) is 73.8 Å². The van der Waals surface area contributed by atoms with E-state index < -0.39 is 5.97 Å². The molecule has 0 bridgehead atoms. The maximum atomic E-state index is 12.9. The van der Waals surface area contributed by atoms with E-state index >= 15 is 0 Å². The number of methoxy groups -OCH3 is 1. The highest BCUT2D eigenvalue weighted by atomic mass is 35.5. The average molecular weight is 467 g/mol. The number of hydrogen-bond donors (Lipinski definition) is 1. The molecule has 2 aromatic carbocycles. The smallest absolute Gasteiger partial charge is 0.345 e. The zero-order chi connectivity index (χ0) is 22.2. The summed E-state index contributed by atoms with van der Waals surface area (Å²) < 4.78 is 10.9. The molecule has 0 radical (unpaired) electrons. The van der Waals surface area contributed by atoms with Crippen LogP contribution in [0.15, 0.2) is 47.3 Å². The van der Waals surface area contributed by atoms with E-state index in [1.807, 2.05) is 0 Å². The Morgan fingerprint density at radius 1 is 1.12 bits per heavy atom. The van der Waals surface area contributed by atoms with E-state index in [1.54, 1.807) is 53.8 Å². The highest BCUT2D eigenvalue weighted by Crippen LogP contribution is 2.36. The van der Waals surface area contributed by atoms with Gasteiger partial charge in [0.15, 0.2) is 11.5 Å². The second-order valence-corrected chi connectivity index (χ2v) is 9.03. The zero-order valence-electron chi connectivity index (χ0n) is 17.2. The molecule has 0 spiro atoms. The monoisotopic (exact) mass is 466 g/mol. The average Bonchev–Trinajstić information content (AvgIpc) is 3.18. The summed E-state index contributed by atoms with van der Waals surface area (Å²) in [5.74, 6) is 0.453. The van der Waals surface area contributed by atoms with E-state index in [4.69, 9.17) is 26.1 Å². The van der Waals surface area contributed by atoms with Crippen LogP contribution in [-0.4, -0.2) is 23.0 Å². The van der Waals surface area contributed by atoms with Crippen LogP contribution < -0.4 is 15.0 Å². The summed E-state index contributed by atoms with van der Waals surface area (Å²) in [5.41, 5.74) is 1.94. The number of thiophene rings is 1. The number of aromatic amines is 1. The van der Waals surface area contributed by atoms with Crippen molar-refractivity contribution < 1.29 is 14.3 Å². The molecule has 0 unspecified atom stereocenters. The van der Waals surface area contributed by atoms with Crippen molar-refractivity contribution in [1.29, 1.82) is 0 Å². The summed E-state index contributed by atoms with van der Waals surface area (Å²) in [6.45, 7) is 0. The number of esters is 1. The number of benzene rings is 2. The summed E-state index contributed by atoms with van der Waals surface area (Å²) in [6.07, 6.45) is 4.19. The summed E-state index contributed by atoms with van der Waals surface area (Å²) in [4.78, 5) is 35.0. The molecule has 162 valence electrons. The van der Waals surface area contributed by atoms with E-state index in [1.165, 1.54) is 12.0 Å². The third kappa shape index (κ3) is 3.67. The Hall–Kier alpha value is -3.16. The number of carbonyl (C=O) groups excluding carboxylic acids is 1. The number of H-pyrrole nitrogens is 1. The van der Waals surface area contributed by atoms with Crippen molar-refractivity contribution in [3.63, 3.8) is 0 Å². The first-order valence-corrected chi connectivity index (χ1v) is 11.4. The number of carbonyl (C=O) groups is 1. The third-order valence-corrected chi connectivity index (χ3v) is 7.07. The Balaban J connectivity index is 1.50. The molecule has 5 rings (SSSR count). The fourth-order valence-electron chi connectivity index (χ4n) is 3.98. The molecule has 4 aromatic rings. The van der Waals surface area contributed by atoms with E-state index in [0.29, 0.717) is 27.5 Å². The Labute approximate surface area is 192 Å². The first-order chi connectivity index (χ1) is 15.5. The Morgan fingerprint density at radius 3 is 2.75 bits per heavy atom. The topological polar surface area (TPSA) is 81.3 Å². The van der Waals surface area contributed by atoms with E-state index in [2.05, 4.69) is 4.98 Å². The van der Waals surface area contributed by atoms with Gasteiger partial charge in [0.1, 0.15) is 10.7 Å². The summed E-state index contributed by atoms with van der Waals surface area (Å²) in [5, 5.41) is 1.02. The largest absolute Gasteiger partial charge is 0.493 e. The van der Waals surface area contributed by atoms with Gasteiger partial charge in [0.25, 0.3) is 5.56 Å². The van der Waals surface area contributed by atoms with Gasteiger partial charge in [0.05, 0.1) is 23.1 Å². The lowest BCUT2D eigenvalue weighted by atomic mass is 9.97. The maximum Gasteiger partial charge on any atom is 0.345 e. The molecule has 6 nitrogen and oxygen atoms in total. The van der Waals surface area contributed by atoms with Gasteiger partial charge in [-0.2, -0.15) is 0 Å². The molecule has 1 N–H and O–H groups in total. The second kappa shape index (κ2) is 8.41. The van der Waals surface area contributed by atoms with Gasteiger partial charge >= 0.3 is 5.97 Å². The molecule has 0 fully saturated rings. The molecule has 0 saturated heterocycles. The summed E-state index contributed by atoms with van der Waals surface area (Å²) >= 11 is 7.69. The van der Waals surface area contributed by atoms with Gasteiger partial charge in [-0.05, 0) is 61.6 Å². The van der Waals surface area contributed by atoms with Crippen molar-refractivity contribution in [3.8, 4) is 22.9 Å². The van der Waals surface area contributed by atoms with Gasteiger partial charge in [0, 0.05) is 10.4 Å². The fourth-order valence-corrected chi connectivity index (χ4v) is 5.46. The molecule has 0 aliphatic heterocycles. The van der Waals surface area contributed by atoms with Gasteiger partial charge in [-0.25, -0.2) is 9.78 Å².